The lowest BCUT2D eigenvalue weighted by Gasteiger charge is -2.09. The molecule has 1 aromatic heterocycles. The molecule has 2 aromatic rings. The van der Waals surface area contributed by atoms with Gasteiger partial charge in [-0.3, -0.25) is 4.79 Å². The first-order valence-electron chi connectivity index (χ1n) is 6.41. The van der Waals surface area contributed by atoms with E-state index in [0.29, 0.717) is 11.6 Å². The topological polar surface area (TPSA) is 64.4 Å². The van der Waals surface area contributed by atoms with Crippen LogP contribution >= 0.6 is 0 Å². The molecular formula is C14H16N2O3. The molecule has 1 amide bonds. The smallest absolute Gasteiger partial charge is 0.253 e. The third kappa shape index (κ3) is 2.46. The number of nitrogens with zero attached hydrogens (tertiary/aromatic N) is 1. The predicted octanol–water partition coefficient (Wildman–Crippen LogP) is 2.68. The molecule has 1 fully saturated rings. The lowest BCUT2D eigenvalue weighted by Crippen LogP contribution is -2.26. The Morgan fingerprint density at radius 2 is 2.32 bits per heavy atom. The number of amides is 1. The molecule has 0 bridgehead atoms. The lowest BCUT2D eigenvalue weighted by molar-refractivity contribution is -0.124. The maximum Gasteiger partial charge on any atom is 0.253 e. The number of rotatable bonds is 4. The van der Waals surface area contributed by atoms with Gasteiger partial charge >= 0.3 is 0 Å². The zero-order valence-corrected chi connectivity index (χ0v) is 11.0. The van der Waals surface area contributed by atoms with E-state index in [-0.39, 0.29) is 5.91 Å². The molecule has 1 saturated carbocycles. The Morgan fingerprint density at radius 1 is 1.53 bits per heavy atom. The summed E-state index contributed by atoms with van der Waals surface area (Å²) in [5.41, 5.74) is 2.25. The number of aromatic nitrogens is 1. The average Bonchev–Trinajstić information content (AvgIpc) is 3.17. The largest absolute Gasteiger partial charge is 0.440 e. The van der Waals surface area contributed by atoms with E-state index in [9.17, 15) is 4.79 Å². The van der Waals surface area contributed by atoms with Gasteiger partial charge in [0.15, 0.2) is 11.5 Å². The van der Waals surface area contributed by atoms with Crippen LogP contribution in [0.25, 0.3) is 11.1 Å². The number of fused-ring (bicyclic) bond motifs is 1. The van der Waals surface area contributed by atoms with Crippen LogP contribution in [0.2, 0.25) is 0 Å². The van der Waals surface area contributed by atoms with Crippen molar-refractivity contribution in [3.63, 3.8) is 0 Å². The van der Waals surface area contributed by atoms with Gasteiger partial charge in [0, 0.05) is 18.7 Å². The van der Waals surface area contributed by atoms with Gasteiger partial charge in [0.1, 0.15) is 11.6 Å². The molecule has 3 rings (SSSR count). The summed E-state index contributed by atoms with van der Waals surface area (Å²) in [7, 11) is 1.51. The van der Waals surface area contributed by atoms with Crippen LogP contribution in [0.1, 0.15) is 31.6 Å². The standard InChI is InChI=1S/C14H16N2O3/c1-8(18-2)13(17)15-10-5-6-12-11(7-10)16-14(19-12)9-3-4-9/h5-9H,3-4H2,1-2H3,(H,15,17). The molecule has 5 nitrogen and oxygen atoms in total. The van der Waals surface area contributed by atoms with Crippen LogP contribution in [0.4, 0.5) is 5.69 Å². The Labute approximate surface area is 111 Å². The number of methoxy groups -OCH3 is 1. The summed E-state index contributed by atoms with van der Waals surface area (Å²) >= 11 is 0. The summed E-state index contributed by atoms with van der Waals surface area (Å²) in [6.07, 6.45) is 1.83. The van der Waals surface area contributed by atoms with Crippen molar-refractivity contribution in [3.8, 4) is 0 Å². The van der Waals surface area contributed by atoms with Gasteiger partial charge in [-0.25, -0.2) is 4.98 Å². The molecule has 1 unspecified atom stereocenters. The summed E-state index contributed by atoms with van der Waals surface area (Å²) < 4.78 is 10.6. The van der Waals surface area contributed by atoms with Gasteiger partial charge in [-0.2, -0.15) is 0 Å². The Balaban J connectivity index is 1.82. The molecule has 0 spiro atoms. The minimum Gasteiger partial charge on any atom is -0.440 e. The van der Waals surface area contributed by atoms with E-state index >= 15 is 0 Å². The van der Waals surface area contributed by atoms with Gasteiger partial charge in [-0.05, 0) is 38.0 Å². The van der Waals surface area contributed by atoms with Crippen molar-refractivity contribution in [1.29, 1.82) is 0 Å². The minimum absolute atomic E-state index is 0.173. The van der Waals surface area contributed by atoms with Crippen LogP contribution < -0.4 is 5.32 Å². The Hall–Kier alpha value is -1.88. The van der Waals surface area contributed by atoms with Crippen molar-refractivity contribution in [1.82, 2.24) is 4.98 Å². The number of oxazole rings is 1. The number of hydrogen-bond acceptors (Lipinski definition) is 4. The SMILES string of the molecule is COC(C)C(=O)Nc1ccc2oc(C3CC3)nc2c1. The van der Waals surface area contributed by atoms with E-state index in [0.717, 1.165) is 29.8 Å². The number of carbonyl (C=O) groups is 1. The van der Waals surface area contributed by atoms with E-state index in [1.165, 1.54) is 7.11 Å². The summed E-state index contributed by atoms with van der Waals surface area (Å²) in [6.45, 7) is 1.70. The predicted molar refractivity (Wildman–Crippen MR) is 71.1 cm³/mol. The van der Waals surface area contributed by atoms with Crippen molar-refractivity contribution in [2.75, 3.05) is 12.4 Å². The van der Waals surface area contributed by atoms with E-state index < -0.39 is 6.10 Å². The van der Waals surface area contributed by atoms with Gasteiger partial charge in [-0.1, -0.05) is 0 Å². The highest BCUT2D eigenvalue weighted by atomic mass is 16.5. The summed E-state index contributed by atoms with van der Waals surface area (Å²) in [5, 5.41) is 2.79. The number of benzene rings is 1. The molecular weight excluding hydrogens is 244 g/mol. The molecule has 0 saturated heterocycles. The first-order valence-corrected chi connectivity index (χ1v) is 6.41. The third-order valence-electron chi connectivity index (χ3n) is 3.32. The quantitative estimate of drug-likeness (QED) is 0.917. The fourth-order valence-electron chi connectivity index (χ4n) is 1.88. The zero-order valence-electron chi connectivity index (χ0n) is 11.0. The second-order valence-electron chi connectivity index (χ2n) is 4.88. The Bertz CT molecular complexity index is 616. The second kappa shape index (κ2) is 4.66. The molecule has 1 aliphatic rings. The van der Waals surface area contributed by atoms with Crippen LogP contribution in [-0.4, -0.2) is 24.1 Å². The van der Waals surface area contributed by atoms with Crippen molar-refractivity contribution < 1.29 is 13.9 Å². The second-order valence-corrected chi connectivity index (χ2v) is 4.88. The van der Waals surface area contributed by atoms with Crippen LogP contribution in [0.15, 0.2) is 22.6 Å². The van der Waals surface area contributed by atoms with Crippen LogP contribution in [0, 0.1) is 0 Å². The fourth-order valence-corrected chi connectivity index (χ4v) is 1.88. The monoisotopic (exact) mass is 260 g/mol. The van der Waals surface area contributed by atoms with Gasteiger partial charge in [-0.15, -0.1) is 0 Å². The molecule has 5 heteroatoms. The van der Waals surface area contributed by atoms with Crippen molar-refractivity contribution >= 4 is 22.7 Å². The molecule has 1 atom stereocenters. The number of anilines is 1. The normalized spacial score (nSPS) is 16.5. The third-order valence-corrected chi connectivity index (χ3v) is 3.32. The molecule has 1 aliphatic carbocycles. The van der Waals surface area contributed by atoms with E-state index in [2.05, 4.69) is 10.3 Å². The molecule has 1 aromatic carbocycles. The van der Waals surface area contributed by atoms with Gasteiger partial charge < -0.3 is 14.5 Å². The zero-order chi connectivity index (χ0) is 13.4. The lowest BCUT2D eigenvalue weighted by atomic mass is 10.2. The molecule has 100 valence electrons. The summed E-state index contributed by atoms with van der Waals surface area (Å²) in [4.78, 5) is 16.2. The number of hydrogen-bond donors (Lipinski definition) is 1. The molecule has 0 radical (unpaired) electrons. The van der Waals surface area contributed by atoms with Crippen molar-refractivity contribution in [3.05, 3.63) is 24.1 Å². The molecule has 1 N–H and O–H groups in total. The molecule has 1 heterocycles. The molecule has 0 aliphatic heterocycles. The number of ether oxygens (including phenoxy) is 1. The summed E-state index contributed by atoms with van der Waals surface area (Å²) in [5.74, 6) is 1.12. The van der Waals surface area contributed by atoms with Gasteiger partial charge in [0.05, 0.1) is 0 Å². The summed E-state index contributed by atoms with van der Waals surface area (Å²) in [6, 6.07) is 5.47. The van der Waals surface area contributed by atoms with E-state index in [4.69, 9.17) is 9.15 Å². The minimum atomic E-state index is -0.477. The van der Waals surface area contributed by atoms with Crippen LogP contribution in [0.3, 0.4) is 0 Å². The van der Waals surface area contributed by atoms with Gasteiger partial charge in [0.25, 0.3) is 5.91 Å². The van der Waals surface area contributed by atoms with Crippen molar-refractivity contribution in [2.24, 2.45) is 0 Å². The first-order chi connectivity index (χ1) is 9.17. The highest BCUT2D eigenvalue weighted by Crippen LogP contribution is 2.40. The maximum atomic E-state index is 11.7. The average molecular weight is 260 g/mol. The Kier molecular flexibility index (Phi) is 2.98. The van der Waals surface area contributed by atoms with E-state index in [1.807, 2.05) is 18.2 Å². The highest BCUT2D eigenvalue weighted by Gasteiger charge is 2.28. The van der Waals surface area contributed by atoms with Crippen LogP contribution in [0.5, 0.6) is 0 Å². The molecule has 19 heavy (non-hydrogen) atoms. The van der Waals surface area contributed by atoms with Gasteiger partial charge in [0.2, 0.25) is 0 Å². The number of nitrogens with one attached hydrogen (secondary N) is 1. The number of carbonyl (C=O) groups excluding carboxylic acids is 1. The highest BCUT2D eigenvalue weighted by molar-refractivity contribution is 5.95. The first kappa shape index (κ1) is 12.2. The van der Waals surface area contributed by atoms with Crippen molar-refractivity contribution in [2.45, 2.75) is 31.8 Å². The van der Waals surface area contributed by atoms with Crippen LogP contribution in [-0.2, 0) is 9.53 Å². The maximum absolute atomic E-state index is 11.7. The Morgan fingerprint density at radius 3 is 3.00 bits per heavy atom. The fraction of sp³-hybridized carbons (Fsp3) is 0.429. The van der Waals surface area contributed by atoms with E-state index in [1.54, 1.807) is 6.92 Å².